The van der Waals surface area contributed by atoms with Gasteiger partial charge in [0.05, 0.1) is 18.3 Å². The molecular weight excluding hydrogens is 396 g/mol. The highest BCUT2D eigenvalue weighted by Crippen LogP contribution is 2.31. The molecule has 0 spiro atoms. The number of para-hydroxylation sites is 1. The third-order valence-corrected chi connectivity index (χ3v) is 5.94. The molecule has 0 N–H and O–H groups in total. The van der Waals surface area contributed by atoms with E-state index < -0.39 is 0 Å². The van der Waals surface area contributed by atoms with Crippen molar-refractivity contribution in [2.24, 2.45) is 0 Å². The molecule has 0 amide bonds. The number of fused-ring (bicyclic) bond motifs is 3. The van der Waals surface area contributed by atoms with Crippen molar-refractivity contribution in [1.82, 2.24) is 9.55 Å². The van der Waals surface area contributed by atoms with Gasteiger partial charge in [0.2, 0.25) is 0 Å². The number of methoxy groups -OCH3 is 1. The number of ketones is 1. The zero-order valence-electron chi connectivity index (χ0n) is 18.2. The van der Waals surface area contributed by atoms with Gasteiger partial charge in [-0.05, 0) is 48.4 Å². The van der Waals surface area contributed by atoms with Gasteiger partial charge in [-0.2, -0.15) is 0 Å². The van der Waals surface area contributed by atoms with Crippen molar-refractivity contribution in [3.8, 4) is 5.75 Å². The Kier molecular flexibility index (Phi) is 5.20. The standard InChI is InChI=1S/C28H24N2O2/c1-3-25-24(27(31)20-13-15-21(32-2)16-14-20)17-23-22-11-7-8-12-26(22)30(28(23)29-25)18-19-9-5-4-6-10-19/h4-17H,3,18H2,1-2H3. The second-order valence-electron chi connectivity index (χ2n) is 7.85. The third kappa shape index (κ3) is 3.44. The molecule has 0 aliphatic carbocycles. The monoisotopic (exact) mass is 420 g/mol. The molecule has 0 fully saturated rings. The maximum absolute atomic E-state index is 13.4. The first-order valence-corrected chi connectivity index (χ1v) is 10.8. The first kappa shape index (κ1) is 20.0. The van der Waals surface area contributed by atoms with Crippen molar-refractivity contribution in [2.45, 2.75) is 19.9 Å². The maximum Gasteiger partial charge on any atom is 0.194 e. The minimum atomic E-state index is -0.0150. The average Bonchev–Trinajstić information content (AvgIpc) is 3.16. The van der Waals surface area contributed by atoms with Crippen molar-refractivity contribution < 1.29 is 9.53 Å². The number of benzene rings is 3. The molecule has 0 saturated heterocycles. The fourth-order valence-electron chi connectivity index (χ4n) is 4.29. The van der Waals surface area contributed by atoms with E-state index in [0.29, 0.717) is 17.5 Å². The SMILES string of the molecule is CCc1nc2c(cc1C(=O)c1ccc(OC)cc1)c1ccccc1n2Cc1ccccc1. The summed E-state index contributed by atoms with van der Waals surface area (Å²) >= 11 is 0. The summed E-state index contributed by atoms with van der Waals surface area (Å²) in [7, 11) is 1.62. The van der Waals surface area contributed by atoms with Gasteiger partial charge < -0.3 is 9.30 Å². The van der Waals surface area contributed by atoms with Gasteiger partial charge in [-0.1, -0.05) is 55.5 Å². The summed E-state index contributed by atoms with van der Waals surface area (Å²) in [6.45, 7) is 2.77. The van der Waals surface area contributed by atoms with Crippen LogP contribution in [0.15, 0.2) is 84.9 Å². The van der Waals surface area contributed by atoms with Gasteiger partial charge in [0.25, 0.3) is 0 Å². The molecule has 3 aromatic carbocycles. The number of carbonyl (C=O) groups excluding carboxylic acids is 1. The molecule has 2 aromatic heterocycles. The summed E-state index contributed by atoms with van der Waals surface area (Å²) < 4.78 is 7.48. The van der Waals surface area contributed by atoms with Gasteiger partial charge >= 0.3 is 0 Å². The highest BCUT2D eigenvalue weighted by molar-refractivity contribution is 6.14. The summed E-state index contributed by atoms with van der Waals surface area (Å²) in [5.74, 6) is 0.716. The van der Waals surface area contributed by atoms with Gasteiger partial charge in [0, 0.05) is 28.4 Å². The molecule has 5 aromatic rings. The molecule has 0 unspecified atom stereocenters. The molecule has 4 nitrogen and oxygen atoms in total. The van der Waals surface area contributed by atoms with E-state index >= 15 is 0 Å². The Hall–Kier alpha value is -3.92. The number of rotatable bonds is 6. The molecular formula is C28H24N2O2. The zero-order valence-corrected chi connectivity index (χ0v) is 18.2. The molecule has 158 valence electrons. The van der Waals surface area contributed by atoms with Gasteiger partial charge in [0.1, 0.15) is 11.4 Å². The lowest BCUT2D eigenvalue weighted by molar-refractivity contribution is 0.103. The fraction of sp³-hybridized carbons (Fsp3) is 0.143. The highest BCUT2D eigenvalue weighted by atomic mass is 16.5. The minimum absolute atomic E-state index is 0.0150. The Morgan fingerprint density at radius 3 is 2.34 bits per heavy atom. The van der Waals surface area contributed by atoms with Gasteiger partial charge in [-0.3, -0.25) is 4.79 Å². The van der Waals surface area contributed by atoms with Crippen LogP contribution >= 0.6 is 0 Å². The van der Waals surface area contributed by atoms with E-state index in [1.807, 2.05) is 55.5 Å². The summed E-state index contributed by atoms with van der Waals surface area (Å²) in [5, 5.41) is 2.11. The lowest BCUT2D eigenvalue weighted by atomic mass is 9.99. The largest absolute Gasteiger partial charge is 0.497 e. The first-order valence-electron chi connectivity index (χ1n) is 10.8. The van der Waals surface area contributed by atoms with E-state index in [-0.39, 0.29) is 5.78 Å². The second kappa shape index (κ2) is 8.31. The van der Waals surface area contributed by atoms with E-state index in [1.165, 1.54) is 5.56 Å². The van der Waals surface area contributed by atoms with Crippen LogP contribution in [0.5, 0.6) is 5.75 Å². The van der Waals surface area contributed by atoms with Crippen molar-refractivity contribution >= 4 is 27.7 Å². The predicted molar refractivity (Wildman–Crippen MR) is 129 cm³/mol. The lowest BCUT2D eigenvalue weighted by Crippen LogP contribution is -2.08. The number of hydrogen-bond donors (Lipinski definition) is 0. The van der Waals surface area contributed by atoms with Gasteiger partial charge in [-0.15, -0.1) is 0 Å². The molecule has 2 heterocycles. The quantitative estimate of drug-likeness (QED) is 0.315. The summed E-state index contributed by atoms with van der Waals surface area (Å²) in [6, 6.07) is 28.0. The maximum atomic E-state index is 13.4. The summed E-state index contributed by atoms with van der Waals surface area (Å²) in [4.78, 5) is 18.4. The first-order chi connectivity index (χ1) is 15.7. The van der Waals surface area contributed by atoms with Crippen molar-refractivity contribution in [3.63, 3.8) is 0 Å². The van der Waals surface area contributed by atoms with Crippen molar-refractivity contribution in [3.05, 3.63) is 107 Å². The van der Waals surface area contributed by atoms with E-state index in [2.05, 4.69) is 41.0 Å². The van der Waals surface area contributed by atoms with Crippen LogP contribution in [-0.4, -0.2) is 22.4 Å². The van der Waals surface area contributed by atoms with Crippen LogP contribution in [0.3, 0.4) is 0 Å². The van der Waals surface area contributed by atoms with Crippen LogP contribution in [-0.2, 0) is 13.0 Å². The van der Waals surface area contributed by atoms with E-state index in [1.54, 1.807) is 7.11 Å². The molecule has 0 atom stereocenters. The summed E-state index contributed by atoms with van der Waals surface area (Å²) in [6.07, 6.45) is 0.681. The van der Waals surface area contributed by atoms with Crippen LogP contribution in [0.1, 0.15) is 34.1 Å². The normalized spacial score (nSPS) is 11.2. The fourth-order valence-corrected chi connectivity index (χ4v) is 4.29. The molecule has 32 heavy (non-hydrogen) atoms. The minimum Gasteiger partial charge on any atom is -0.497 e. The number of aromatic nitrogens is 2. The number of nitrogens with zero attached hydrogens (tertiary/aromatic N) is 2. The van der Waals surface area contributed by atoms with Crippen LogP contribution in [0.25, 0.3) is 21.9 Å². The van der Waals surface area contributed by atoms with E-state index in [0.717, 1.165) is 39.9 Å². The molecule has 0 radical (unpaired) electrons. The smallest absolute Gasteiger partial charge is 0.194 e. The van der Waals surface area contributed by atoms with Crippen LogP contribution in [0, 0.1) is 0 Å². The Balaban J connectivity index is 1.69. The number of pyridine rings is 1. The highest BCUT2D eigenvalue weighted by Gasteiger charge is 2.20. The predicted octanol–water partition coefficient (Wildman–Crippen LogP) is 6.04. The molecule has 0 saturated carbocycles. The Bertz CT molecular complexity index is 1420. The Morgan fingerprint density at radius 2 is 1.62 bits per heavy atom. The molecule has 0 aliphatic heterocycles. The molecule has 0 bridgehead atoms. The number of ether oxygens (including phenoxy) is 1. The number of carbonyl (C=O) groups is 1. The third-order valence-electron chi connectivity index (χ3n) is 5.94. The summed E-state index contributed by atoms with van der Waals surface area (Å²) in [5.41, 5.74) is 5.36. The van der Waals surface area contributed by atoms with Gasteiger partial charge in [0.15, 0.2) is 5.78 Å². The van der Waals surface area contributed by atoms with Crippen molar-refractivity contribution in [2.75, 3.05) is 7.11 Å². The number of aryl methyl sites for hydroxylation is 1. The Labute approximate surface area is 187 Å². The van der Waals surface area contributed by atoms with E-state index in [4.69, 9.17) is 9.72 Å². The lowest BCUT2D eigenvalue weighted by Gasteiger charge is -2.11. The number of hydrogen-bond acceptors (Lipinski definition) is 3. The topological polar surface area (TPSA) is 44.1 Å². The van der Waals surface area contributed by atoms with Crippen LogP contribution in [0.4, 0.5) is 0 Å². The molecule has 4 heteroatoms. The van der Waals surface area contributed by atoms with E-state index in [9.17, 15) is 4.79 Å². The second-order valence-corrected chi connectivity index (χ2v) is 7.85. The van der Waals surface area contributed by atoms with Gasteiger partial charge in [-0.25, -0.2) is 4.98 Å². The molecule has 5 rings (SSSR count). The van der Waals surface area contributed by atoms with Crippen LogP contribution < -0.4 is 4.74 Å². The van der Waals surface area contributed by atoms with Crippen LogP contribution in [0.2, 0.25) is 0 Å². The average molecular weight is 421 g/mol. The van der Waals surface area contributed by atoms with Crippen molar-refractivity contribution in [1.29, 1.82) is 0 Å². The molecule has 0 aliphatic rings. The Morgan fingerprint density at radius 1 is 0.906 bits per heavy atom. The zero-order chi connectivity index (χ0) is 22.1.